The summed E-state index contributed by atoms with van der Waals surface area (Å²) in [5.74, 6) is 0.710. The molecule has 3 rings (SSSR count). The zero-order valence-corrected chi connectivity index (χ0v) is 16.5. The SMILES string of the molecule is COc1cc(C=CC(=O)NC(c2ccccc2)c2ccccn2)ccc1OCC#N. The first kappa shape index (κ1) is 20.6. The predicted octanol–water partition coefficient (Wildman–Crippen LogP) is 3.91. The summed E-state index contributed by atoms with van der Waals surface area (Å²) in [7, 11) is 1.52. The summed E-state index contributed by atoms with van der Waals surface area (Å²) < 4.78 is 10.6. The minimum absolute atomic E-state index is 0.0671. The van der Waals surface area contributed by atoms with Crippen LogP contribution in [-0.2, 0) is 4.79 Å². The molecule has 1 N–H and O–H groups in total. The molecule has 0 fully saturated rings. The molecule has 1 atom stereocenters. The van der Waals surface area contributed by atoms with Crippen molar-refractivity contribution in [1.29, 1.82) is 5.26 Å². The van der Waals surface area contributed by atoms with Crippen molar-refractivity contribution < 1.29 is 14.3 Å². The van der Waals surface area contributed by atoms with E-state index in [0.717, 1.165) is 16.8 Å². The van der Waals surface area contributed by atoms with Gasteiger partial charge >= 0.3 is 0 Å². The van der Waals surface area contributed by atoms with Crippen molar-refractivity contribution in [3.05, 3.63) is 95.8 Å². The number of carbonyl (C=O) groups excluding carboxylic acids is 1. The quantitative estimate of drug-likeness (QED) is 0.581. The van der Waals surface area contributed by atoms with Gasteiger partial charge in [0.15, 0.2) is 18.1 Å². The molecule has 0 spiro atoms. The van der Waals surface area contributed by atoms with Crippen LogP contribution >= 0.6 is 0 Å². The summed E-state index contributed by atoms with van der Waals surface area (Å²) >= 11 is 0. The number of nitriles is 1. The van der Waals surface area contributed by atoms with Crippen LogP contribution in [0, 0.1) is 11.3 Å². The maximum atomic E-state index is 12.6. The third-order valence-electron chi connectivity index (χ3n) is 4.31. The Balaban J connectivity index is 1.76. The third-order valence-corrected chi connectivity index (χ3v) is 4.31. The van der Waals surface area contributed by atoms with Gasteiger partial charge in [0.2, 0.25) is 5.91 Å². The molecule has 2 aromatic carbocycles. The molecule has 30 heavy (non-hydrogen) atoms. The van der Waals surface area contributed by atoms with Crippen LogP contribution < -0.4 is 14.8 Å². The van der Waals surface area contributed by atoms with Crippen molar-refractivity contribution in [2.45, 2.75) is 6.04 Å². The number of methoxy groups -OCH3 is 1. The summed E-state index contributed by atoms with van der Waals surface area (Å²) in [4.78, 5) is 17.0. The van der Waals surface area contributed by atoms with Crippen LogP contribution in [0.2, 0.25) is 0 Å². The lowest BCUT2D eigenvalue weighted by molar-refractivity contribution is -0.116. The zero-order chi connectivity index (χ0) is 21.2. The van der Waals surface area contributed by atoms with Crippen molar-refractivity contribution in [3.8, 4) is 17.6 Å². The Labute approximate surface area is 175 Å². The fraction of sp³-hybridized carbons (Fsp3) is 0.125. The Kier molecular flexibility index (Phi) is 7.17. The number of pyridine rings is 1. The van der Waals surface area contributed by atoms with E-state index in [0.29, 0.717) is 11.5 Å². The number of aromatic nitrogens is 1. The first-order valence-electron chi connectivity index (χ1n) is 9.33. The molecule has 0 aliphatic carbocycles. The van der Waals surface area contributed by atoms with Gasteiger partial charge < -0.3 is 14.8 Å². The molecule has 0 radical (unpaired) electrons. The first-order valence-corrected chi connectivity index (χ1v) is 9.33. The monoisotopic (exact) mass is 399 g/mol. The molecule has 1 unspecified atom stereocenters. The van der Waals surface area contributed by atoms with Gasteiger partial charge in [0.25, 0.3) is 0 Å². The fourth-order valence-corrected chi connectivity index (χ4v) is 2.90. The molecule has 1 amide bonds. The van der Waals surface area contributed by atoms with Crippen LogP contribution in [0.15, 0.2) is 79.0 Å². The van der Waals surface area contributed by atoms with E-state index >= 15 is 0 Å². The third kappa shape index (κ3) is 5.46. The molecule has 0 saturated carbocycles. The highest BCUT2D eigenvalue weighted by atomic mass is 16.5. The summed E-state index contributed by atoms with van der Waals surface area (Å²) in [6.07, 6.45) is 4.85. The highest BCUT2D eigenvalue weighted by Gasteiger charge is 2.16. The van der Waals surface area contributed by atoms with Gasteiger partial charge in [-0.25, -0.2) is 0 Å². The van der Waals surface area contributed by atoms with Crippen molar-refractivity contribution in [2.24, 2.45) is 0 Å². The average Bonchev–Trinajstić information content (AvgIpc) is 2.81. The Bertz CT molecular complexity index is 1000. The minimum Gasteiger partial charge on any atom is -0.493 e. The topological polar surface area (TPSA) is 84.2 Å². The van der Waals surface area contributed by atoms with E-state index in [1.807, 2.05) is 54.6 Å². The standard InChI is InChI=1S/C24H21N3O3/c1-29-22-17-18(10-12-21(22)30-16-14-25)11-13-23(28)27-24(19-7-3-2-4-8-19)20-9-5-6-15-26-20/h2-13,15,17,24H,16H2,1H3,(H,27,28). The molecule has 0 saturated heterocycles. The van der Waals surface area contributed by atoms with Gasteiger partial charge in [-0.3, -0.25) is 9.78 Å². The average molecular weight is 399 g/mol. The zero-order valence-electron chi connectivity index (χ0n) is 16.5. The fourth-order valence-electron chi connectivity index (χ4n) is 2.90. The van der Waals surface area contributed by atoms with Crippen LogP contribution in [0.3, 0.4) is 0 Å². The highest BCUT2D eigenvalue weighted by Crippen LogP contribution is 2.28. The van der Waals surface area contributed by atoms with Gasteiger partial charge in [-0.1, -0.05) is 42.5 Å². The first-order chi connectivity index (χ1) is 14.7. The minimum atomic E-state index is -0.360. The van der Waals surface area contributed by atoms with E-state index in [2.05, 4.69) is 10.3 Å². The summed E-state index contributed by atoms with van der Waals surface area (Å²) in [6.45, 7) is -0.0671. The van der Waals surface area contributed by atoms with Crippen LogP contribution in [0.4, 0.5) is 0 Å². The van der Waals surface area contributed by atoms with Crippen LogP contribution in [0.5, 0.6) is 11.5 Å². The maximum Gasteiger partial charge on any atom is 0.244 e. The van der Waals surface area contributed by atoms with Crippen molar-refractivity contribution in [3.63, 3.8) is 0 Å². The Morgan fingerprint density at radius 3 is 2.63 bits per heavy atom. The lowest BCUT2D eigenvalue weighted by Gasteiger charge is -2.18. The number of nitrogens with one attached hydrogen (secondary N) is 1. The lowest BCUT2D eigenvalue weighted by Crippen LogP contribution is -2.28. The van der Waals surface area contributed by atoms with E-state index in [4.69, 9.17) is 14.7 Å². The number of hydrogen-bond donors (Lipinski definition) is 1. The van der Waals surface area contributed by atoms with E-state index < -0.39 is 0 Å². The lowest BCUT2D eigenvalue weighted by atomic mass is 10.0. The smallest absolute Gasteiger partial charge is 0.244 e. The predicted molar refractivity (Wildman–Crippen MR) is 114 cm³/mol. The summed E-state index contributed by atoms with van der Waals surface area (Å²) in [5, 5.41) is 11.7. The Hall–Kier alpha value is -4.11. The highest BCUT2D eigenvalue weighted by molar-refractivity contribution is 5.92. The number of rotatable bonds is 8. The second-order valence-corrected chi connectivity index (χ2v) is 6.30. The van der Waals surface area contributed by atoms with Gasteiger partial charge in [-0.05, 0) is 41.5 Å². The molecular formula is C24H21N3O3. The number of benzene rings is 2. The second kappa shape index (κ2) is 10.4. The molecule has 6 heteroatoms. The van der Waals surface area contributed by atoms with Crippen LogP contribution in [-0.4, -0.2) is 24.6 Å². The largest absolute Gasteiger partial charge is 0.493 e. The summed E-state index contributed by atoms with van der Waals surface area (Å²) in [5.41, 5.74) is 2.46. The Morgan fingerprint density at radius 2 is 1.93 bits per heavy atom. The molecule has 1 aromatic heterocycles. The maximum absolute atomic E-state index is 12.6. The van der Waals surface area contributed by atoms with Gasteiger partial charge in [0, 0.05) is 12.3 Å². The number of amides is 1. The van der Waals surface area contributed by atoms with E-state index in [9.17, 15) is 4.79 Å². The molecule has 6 nitrogen and oxygen atoms in total. The molecular weight excluding hydrogens is 378 g/mol. The van der Waals surface area contributed by atoms with E-state index in [1.54, 1.807) is 30.5 Å². The molecule has 0 aliphatic heterocycles. The molecule has 0 aliphatic rings. The normalized spacial score (nSPS) is 11.5. The molecule has 150 valence electrons. The van der Waals surface area contributed by atoms with Crippen LogP contribution in [0.25, 0.3) is 6.08 Å². The van der Waals surface area contributed by atoms with Crippen molar-refractivity contribution in [1.82, 2.24) is 10.3 Å². The summed E-state index contributed by atoms with van der Waals surface area (Å²) in [6, 6.07) is 22.1. The molecule has 1 heterocycles. The van der Waals surface area contributed by atoms with Gasteiger partial charge in [0.1, 0.15) is 6.07 Å². The number of hydrogen-bond acceptors (Lipinski definition) is 5. The number of ether oxygens (including phenoxy) is 2. The number of carbonyl (C=O) groups is 1. The van der Waals surface area contributed by atoms with E-state index in [-0.39, 0.29) is 18.6 Å². The molecule has 0 bridgehead atoms. The van der Waals surface area contributed by atoms with E-state index in [1.165, 1.54) is 13.2 Å². The van der Waals surface area contributed by atoms with Gasteiger partial charge in [-0.2, -0.15) is 5.26 Å². The molecule has 3 aromatic rings. The number of nitrogens with zero attached hydrogens (tertiary/aromatic N) is 2. The Morgan fingerprint density at radius 1 is 1.13 bits per heavy atom. The van der Waals surface area contributed by atoms with Crippen molar-refractivity contribution >= 4 is 12.0 Å². The van der Waals surface area contributed by atoms with Crippen LogP contribution in [0.1, 0.15) is 22.9 Å². The van der Waals surface area contributed by atoms with Crippen molar-refractivity contribution in [2.75, 3.05) is 13.7 Å². The second-order valence-electron chi connectivity index (χ2n) is 6.30. The van der Waals surface area contributed by atoms with Gasteiger partial charge in [-0.15, -0.1) is 0 Å². The van der Waals surface area contributed by atoms with Gasteiger partial charge in [0.05, 0.1) is 18.8 Å².